The molecule has 0 fully saturated rings. The molecule has 0 unspecified atom stereocenters. The quantitative estimate of drug-likeness (QED) is 0.463. The third-order valence-electron chi connectivity index (χ3n) is 3.90. The van der Waals surface area contributed by atoms with E-state index in [2.05, 4.69) is 14.7 Å². The Morgan fingerprint density at radius 1 is 1.37 bits per heavy atom. The molecule has 0 atom stereocenters. The van der Waals surface area contributed by atoms with Crippen molar-refractivity contribution in [2.45, 2.75) is 12.7 Å². The Kier molecular flexibility index (Phi) is 5.73. The molecule has 3 rings (SSSR count). The first kappa shape index (κ1) is 21.2. The fourth-order valence-electron chi connectivity index (χ4n) is 2.60. The molecular formula is C17H13F3N4O5S. The molecule has 30 heavy (non-hydrogen) atoms. The van der Waals surface area contributed by atoms with Gasteiger partial charge in [-0.15, -0.1) is 11.3 Å². The third kappa shape index (κ3) is 4.74. The van der Waals surface area contributed by atoms with Crippen molar-refractivity contribution < 1.29 is 27.6 Å². The zero-order chi connectivity index (χ0) is 22.1. The van der Waals surface area contributed by atoms with E-state index < -0.39 is 34.9 Å². The van der Waals surface area contributed by atoms with E-state index in [1.54, 1.807) is 11.4 Å². The fraction of sp³-hybridized carbons (Fsp3) is 0.235. The summed E-state index contributed by atoms with van der Waals surface area (Å²) >= 11 is 1.20. The van der Waals surface area contributed by atoms with Crippen LogP contribution in [0.2, 0.25) is 0 Å². The van der Waals surface area contributed by atoms with Crippen LogP contribution in [-0.2, 0) is 6.54 Å². The van der Waals surface area contributed by atoms with Gasteiger partial charge in [-0.2, -0.15) is 13.2 Å². The number of carbonyl (C=O) groups excluding carboxylic acids is 1. The second-order valence-corrected chi connectivity index (χ2v) is 7.06. The molecule has 0 aliphatic heterocycles. The van der Waals surface area contributed by atoms with Gasteiger partial charge >= 0.3 is 6.18 Å². The lowest BCUT2D eigenvalue weighted by molar-refractivity contribution is -0.385. The summed E-state index contributed by atoms with van der Waals surface area (Å²) < 4.78 is 42.1. The number of nitrogens with zero attached hydrogens (tertiary/aromatic N) is 3. The van der Waals surface area contributed by atoms with Crippen molar-refractivity contribution in [2.24, 2.45) is 0 Å². The number of hydrogen-bond donors (Lipinski definition) is 1. The van der Waals surface area contributed by atoms with Gasteiger partial charge in [-0.3, -0.25) is 19.7 Å². The molecule has 2 aromatic heterocycles. The number of halogens is 3. The van der Waals surface area contributed by atoms with Gasteiger partial charge in [-0.1, -0.05) is 0 Å². The molecule has 3 aromatic rings. The second-order valence-electron chi connectivity index (χ2n) is 6.15. The van der Waals surface area contributed by atoms with Gasteiger partial charge in [-0.05, 0) is 23.6 Å². The number of hydrogen-bond acceptors (Lipinski definition) is 7. The highest BCUT2D eigenvalue weighted by Crippen LogP contribution is 2.27. The maximum absolute atomic E-state index is 12.8. The Balaban J connectivity index is 1.87. The molecule has 9 nitrogen and oxygen atoms in total. The molecule has 0 saturated heterocycles. The number of nitro groups is 1. The van der Waals surface area contributed by atoms with Crippen molar-refractivity contribution in [3.8, 4) is 5.75 Å². The highest BCUT2D eigenvalue weighted by atomic mass is 32.1. The van der Waals surface area contributed by atoms with Crippen molar-refractivity contribution >= 4 is 33.1 Å². The first-order valence-electron chi connectivity index (χ1n) is 8.25. The number of nitrogens with one attached hydrogen (secondary N) is 1. The number of carbonyl (C=O) groups is 1. The largest absolute Gasteiger partial charge is 0.484 e. The number of benzene rings is 1. The van der Waals surface area contributed by atoms with Gasteiger partial charge in [-0.25, -0.2) is 4.98 Å². The molecular weight excluding hydrogens is 429 g/mol. The van der Waals surface area contributed by atoms with Crippen molar-refractivity contribution in [3.63, 3.8) is 0 Å². The molecule has 2 heterocycles. The van der Waals surface area contributed by atoms with Crippen LogP contribution in [0, 0.1) is 10.1 Å². The lowest BCUT2D eigenvalue weighted by atomic mass is 10.1. The van der Waals surface area contributed by atoms with Crippen LogP contribution in [-0.4, -0.2) is 45.5 Å². The van der Waals surface area contributed by atoms with Crippen molar-refractivity contribution in [3.05, 3.63) is 61.5 Å². The third-order valence-corrected chi connectivity index (χ3v) is 4.80. The number of aromatic amines is 1. The molecule has 0 spiro atoms. The highest BCUT2D eigenvalue weighted by molar-refractivity contribution is 7.17. The number of alkyl halides is 3. The average Bonchev–Trinajstić information content (AvgIpc) is 3.14. The minimum absolute atomic E-state index is 0.147. The summed E-state index contributed by atoms with van der Waals surface area (Å²) in [6.07, 6.45) is -4.61. The van der Waals surface area contributed by atoms with Gasteiger partial charge in [0, 0.05) is 13.1 Å². The minimum Gasteiger partial charge on any atom is -0.484 e. The predicted octanol–water partition coefficient (Wildman–Crippen LogP) is 3.11. The van der Waals surface area contributed by atoms with Crippen LogP contribution >= 0.6 is 11.3 Å². The van der Waals surface area contributed by atoms with Crippen LogP contribution in [0.4, 0.5) is 18.9 Å². The Hall–Kier alpha value is -3.48. The monoisotopic (exact) mass is 442 g/mol. The number of fused-ring (bicyclic) bond motifs is 1. The topological polar surface area (TPSA) is 118 Å². The summed E-state index contributed by atoms with van der Waals surface area (Å²) in [5, 5.41) is 12.9. The first-order valence-corrected chi connectivity index (χ1v) is 9.13. The van der Waals surface area contributed by atoms with E-state index in [0.717, 1.165) is 23.1 Å². The van der Waals surface area contributed by atoms with Crippen LogP contribution in [0.1, 0.15) is 16.2 Å². The molecule has 1 amide bonds. The maximum Gasteiger partial charge on any atom is 0.422 e. The van der Waals surface area contributed by atoms with Gasteiger partial charge in [0.15, 0.2) is 6.61 Å². The minimum atomic E-state index is -4.61. The Labute approximate surface area is 169 Å². The average molecular weight is 442 g/mol. The van der Waals surface area contributed by atoms with Crippen LogP contribution in [0.5, 0.6) is 5.75 Å². The van der Waals surface area contributed by atoms with Crippen LogP contribution in [0.25, 0.3) is 10.2 Å². The molecule has 0 saturated carbocycles. The molecule has 1 aromatic carbocycles. The van der Waals surface area contributed by atoms with Gasteiger partial charge in [0.1, 0.15) is 21.8 Å². The predicted molar refractivity (Wildman–Crippen MR) is 101 cm³/mol. The van der Waals surface area contributed by atoms with Gasteiger partial charge in [0.05, 0.1) is 17.0 Å². The second kappa shape index (κ2) is 8.10. The van der Waals surface area contributed by atoms with Crippen molar-refractivity contribution in [2.75, 3.05) is 13.7 Å². The zero-order valence-corrected chi connectivity index (χ0v) is 16.0. The lowest BCUT2D eigenvalue weighted by Crippen LogP contribution is -2.29. The van der Waals surface area contributed by atoms with Crippen molar-refractivity contribution in [1.29, 1.82) is 0 Å². The van der Waals surface area contributed by atoms with E-state index in [-0.39, 0.29) is 23.7 Å². The Morgan fingerprint density at radius 2 is 2.10 bits per heavy atom. The summed E-state index contributed by atoms with van der Waals surface area (Å²) in [6, 6.07) is 4.38. The smallest absolute Gasteiger partial charge is 0.422 e. The first-order chi connectivity index (χ1) is 14.0. The number of amides is 1. The summed E-state index contributed by atoms with van der Waals surface area (Å²) in [5.74, 6) is -1.05. The standard InChI is InChI=1S/C17H13F3N4O5S/c1-23(7-13-21-11-4-5-30-14(11)15(25)22-13)16(26)10-6-9(29-8-17(18,19)20)2-3-12(10)24(27)28/h2-6H,7-8H2,1H3,(H,21,22,25). The normalized spacial score (nSPS) is 11.5. The molecule has 158 valence electrons. The highest BCUT2D eigenvalue weighted by Gasteiger charge is 2.29. The maximum atomic E-state index is 12.8. The van der Waals surface area contributed by atoms with Crippen LogP contribution in [0.3, 0.4) is 0 Å². The van der Waals surface area contributed by atoms with Crippen LogP contribution < -0.4 is 10.3 Å². The summed E-state index contributed by atoms with van der Waals surface area (Å²) in [5.41, 5.74) is -1.01. The number of aromatic nitrogens is 2. The van der Waals surface area contributed by atoms with Gasteiger partial charge in [0.2, 0.25) is 0 Å². The van der Waals surface area contributed by atoms with E-state index in [9.17, 15) is 32.9 Å². The van der Waals surface area contributed by atoms with Gasteiger partial charge < -0.3 is 14.6 Å². The van der Waals surface area contributed by atoms with E-state index in [0.29, 0.717) is 10.2 Å². The van der Waals surface area contributed by atoms with Crippen LogP contribution in [0.15, 0.2) is 34.4 Å². The van der Waals surface area contributed by atoms with Crippen molar-refractivity contribution in [1.82, 2.24) is 14.9 Å². The van der Waals surface area contributed by atoms with E-state index in [1.807, 2.05) is 0 Å². The van der Waals surface area contributed by atoms with E-state index in [1.165, 1.54) is 18.4 Å². The van der Waals surface area contributed by atoms with E-state index in [4.69, 9.17) is 0 Å². The fourth-order valence-corrected chi connectivity index (χ4v) is 3.32. The summed E-state index contributed by atoms with van der Waals surface area (Å²) in [6.45, 7) is -1.80. The molecule has 0 bridgehead atoms. The summed E-state index contributed by atoms with van der Waals surface area (Å²) in [7, 11) is 1.31. The molecule has 0 radical (unpaired) electrons. The molecule has 0 aliphatic rings. The van der Waals surface area contributed by atoms with E-state index >= 15 is 0 Å². The number of rotatable bonds is 6. The Morgan fingerprint density at radius 3 is 2.77 bits per heavy atom. The SMILES string of the molecule is CN(Cc1nc2ccsc2c(=O)[nH]1)C(=O)c1cc(OCC(F)(F)F)ccc1[N+](=O)[O-]. The Bertz CT molecular complexity index is 1170. The number of nitro benzene ring substituents is 1. The summed E-state index contributed by atoms with van der Waals surface area (Å²) in [4.78, 5) is 43.0. The zero-order valence-electron chi connectivity index (χ0n) is 15.2. The van der Waals surface area contributed by atoms with Gasteiger partial charge in [0.25, 0.3) is 17.2 Å². The lowest BCUT2D eigenvalue weighted by Gasteiger charge is -2.17. The molecule has 13 heteroatoms. The number of ether oxygens (including phenoxy) is 1. The molecule has 1 N–H and O–H groups in total. The molecule has 0 aliphatic carbocycles. The number of H-pyrrole nitrogens is 1. The number of thiophene rings is 1.